The fourth-order valence-corrected chi connectivity index (χ4v) is 3.90. The third kappa shape index (κ3) is 13.1. The summed E-state index contributed by atoms with van der Waals surface area (Å²) in [6.07, 6.45) is 1.19. The van der Waals surface area contributed by atoms with E-state index in [0.29, 0.717) is 12.8 Å². The first-order valence-corrected chi connectivity index (χ1v) is 10.1. The summed E-state index contributed by atoms with van der Waals surface area (Å²) in [4.78, 5) is 12.0. The molecule has 0 aromatic heterocycles. The van der Waals surface area contributed by atoms with E-state index in [0.717, 1.165) is 0 Å². The molecule has 0 spiro atoms. The molecule has 0 radical (unpaired) electrons. The summed E-state index contributed by atoms with van der Waals surface area (Å²) in [5.74, 6) is 0. The first kappa shape index (κ1) is 24.1. The Morgan fingerprint density at radius 1 is 0.680 bits per heavy atom. The predicted octanol–water partition coefficient (Wildman–Crippen LogP) is 2.64. The van der Waals surface area contributed by atoms with Crippen LogP contribution < -0.4 is 20.1 Å². The Balaban J connectivity index is 4.73. The van der Waals surface area contributed by atoms with Crippen molar-refractivity contribution in [1.82, 2.24) is 20.1 Å². The lowest BCUT2D eigenvalue weighted by Crippen LogP contribution is -2.56. The van der Waals surface area contributed by atoms with Gasteiger partial charge >= 0.3 is 6.03 Å². The third-order valence-corrected chi connectivity index (χ3v) is 4.87. The standard InChI is InChI=1S/C17H38N4O3S/c1-14(2,3)18-13(22)19-16(7,8)11-12-17(9,10)21-25(23,24)20-15(4,5)6/h20-21H,11-12H2,1-10H3,(H2,18,19,22). The third-order valence-electron chi connectivity index (χ3n) is 3.17. The van der Waals surface area contributed by atoms with Gasteiger partial charge in [-0.1, -0.05) is 0 Å². The fourth-order valence-electron chi connectivity index (χ4n) is 2.21. The number of amides is 2. The van der Waals surface area contributed by atoms with Gasteiger partial charge in [0.25, 0.3) is 10.2 Å². The van der Waals surface area contributed by atoms with Crippen LogP contribution in [0, 0.1) is 0 Å². The van der Waals surface area contributed by atoms with Crippen molar-refractivity contribution in [2.75, 3.05) is 0 Å². The molecular formula is C17H38N4O3S. The minimum absolute atomic E-state index is 0.231. The lowest BCUT2D eigenvalue weighted by Gasteiger charge is -2.34. The van der Waals surface area contributed by atoms with Crippen LogP contribution in [-0.4, -0.2) is 36.6 Å². The van der Waals surface area contributed by atoms with Gasteiger partial charge in [-0.3, -0.25) is 0 Å². The summed E-state index contributed by atoms with van der Waals surface area (Å²) in [6.45, 7) is 18.6. The Hall–Kier alpha value is -0.860. The number of hydrogen-bond acceptors (Lipinski definition) is 3. The van der Waals surface area contributed by atoms with E-state index in [-0.39, 0.29) is 11.6 Å². The summed E-state index contributed by atoms with van der Waals surface area (Å²) in [5.41, 5.74) is -1.96. The zero-order valence-electron chi connectivity index (χ0n) is 17.5. The van der Waals surface area contributed by atoms with Crippen LogP contribution in [0.5, 0.6) is 0 Å². The van der Waals surface area contributed by atoms with E-state index < -0.39 is 26.8 Å². The fraction of sp³-hybridized carbons (Fsp3) is 0.941. The molecule has 0 fully saturated rings. The lowest BCUT2D eigenvalue weighted by atomic mass is 9.90. The zero-order valence-corrected chi connectivity index (χ0v) is 18.4. The zero-order chi connectivity index (χ0) is 20.3. The van der Waals surface area contributed by atoms with Crippen molar-refractivity contribution >= 4 is 16.2 Å². The van der Waals surface area contributed by atoms with Gasteiger partial charge in [0.15, 0.2) is 0 Å². The van der Waals surface area contributed by atoms with Crippen LogP contribution in [0.2, 0.25) is 0 Å². The molecule has 0 saturated carbocycles. The van der Waals surface area contributed by atoms with Crippen LogP contribution in [0.3, 0.4) is 0 Å². The largest absolute Gasteiger partial charge is 0.334 e. The maximum atomic E-state index is 12.2. The summed E-state index contributed by atoms with van der Waals surface area (Å²) < 4.78 is 29.7. The minimum Gasteiger partial charge on any atom is -0.334 e. The molecule has 0 aromatic carbocycles. The smallest absolute Gasteiger partial charge is 0.315 e. The molecule has 0 bridgehead atoms. The number of carbonyl (C=O) groups excluding carboxylic acids is 1. The molecule has 0 aliphatic rings. The molecule has 0 unspecified atom stereocenters. The van der Waals surface area contributed by atoms with Crippen molar-refractivity contribution in [1.29, 1.82) is 0 Å². The van der Waals surface area contributed by atoms with E-state index in [1.807, 2.05) is 48.5 Å². The van der Waals surface area contributed by atoms with Gasteiger partial charge in [0, 0.05) is 22.2 Å². The predicted molar refractivity (Wildman–Crippen MR) is 104 cm³/mol. The monoisotopic (exact) mass is 378 g/mol. The first-order chi connectivity index (χ1) is 10.7. The molecule has 0 aromatic rings. The molecule has 2 amide bonds. The van der Waals surface area contributed by atoms with Crippen LogP contribution in [0.4, 0.5) is 4.79 Å². The molecule has 0 aliphatic heterocycles. The maximum absolute atomic E-state index is 12.2. The van der Waals surface area contributed by atoms with Crippen molar-refractivity contribution in [3.63, 3.8) is 0 Å². The van der Waals surface area contributed by atoms with Crippen molar-refractivity contribution < 1.29 is 13.2 Å². The summed E-state index contributed by atoms with van der Waals surface area (Å²) in [6, 6.07) is -0.231. The molecule has 4 N–H and O–H groups in total. The second-order valence-electron chi connectivity index (χ2n) is 10.1. The van der Waals surface area contributed by atoms with Crippen molar-refractivity contribution in [2.24, 2.45) is 0 Å². The molecule has 150 valence electrons. The van der Waals surface area contributed by atoms with E-state index in [1.165, 1.54) is 0 Å². The number of urea groups is 1. The Morgan fingerprint density at radius 2 is 1.12 bits per heavy atom. The van der Waals surface area contributed by atoms with Crippen LogP contribution in [0.25, 0.3) is 0 Å². The van der Waals surface area contributed by atoms with Gasteiger partial charge in [0.1, 0.15) is 0 Å². The van der Waals surface area contributed by atoms with E-state index in [9.17, 15) is 13.2 Å². The molecule has 8 heteroatoms. The van der Waals surface area contributed by atoms with Gasteiger partial charge < -0.3 is 10.6 Å². The molecule has 7 nitrogen and oxygen atoms in total. The Bertz CT molecular complexity index is 555. The summed E-state index contributed by atoms with van der Waals surface area (Å²) in [7, 11) is -3.61. The topological polar surface area (TPSA) is 99.3 Å². The SMILES string of the molecule is CC(C)(C)NC(=O)NC(C)(C)CCC(C)(C)NS(=O)(=O)NC(C)(C)C. The molecule has 0 atom stereocenters. The second-order valence-corrected chi connectivity index (χ2v) is 11.5. The van der Waals surface area contributed by atoms with Gasteiger partial charge in [0.05, 0.1) is 0 Å². The molecule has 0 heterocycles. The van der Waals surface area contributed by atoms with Crippen LogP contribution in [-0.2, 0) is 10.2 Å². The number of carbonyl (C=O) groups is 1. The maximum Gasteiger partial charge on any atom is 0.315 e. The van der Waals surface area contributed by atoms with E-state index >= 15 is 0 Å². The average molecular weight is 379 g/mol. The molecule has 0 rings (SSSR count). The van der Waals surface area contributed by atoms with Crippen molar-refractivity contribution in [3.8, 4) is 0 Å². The number of nitrogens with one attached hydrogen (secondary N) is 4. The highest BCUT2D eigenvalue weighted by atomic mass is 32.2. The van der Waals surface area contributed by atoms with Gasteiger partial charge in [-0.05, 0) is 82.1 Å². The van der Waals surface area contributed by atoms with E-state index in [2.05, 4.69) is 20.1 Å². The van der Waals surface area contributed by atoms with Gasteiger partial charge in [-0.15, -0.1) is 0 Å². The normalized spacial score (nSPS) is 14.3. The highest BCUT2D eigenvalue weighted by Crippen LogP contribution is 2.20. The first-order valence-electron chi connectivity index (χ1n) is 8.65. The highest BCUT2D eigenvalue weighted by Gasteiger charge is 2.31. The molecule has 25 heavy (non-hydrogen) atoms. The van der Waals surface area contributed by atoms with Crippen LogP contribution in [0.1, 0.15) is 82.1 Å². The molecule has 0 aliphatic carbocycles. The summed E-state index contributed by atoms with van der Waals surface area (Å²) in [5, 5.41) is 5.81. The quantitative estimate of drug-likeness (QED) is 0.548. The van der Waals surface area contributed by atoms with Gasteiger partial charge in [-0.25, -0.2) is 4.79 Å². The van der Waals surface area contributed by atoms with E-state index in [1.54, 1.807) is 20.8 Å². The van der Waals surface area contributed by atoms with Gasteiger partial charge in [0.2, 0.25) is 0 Å². The second kappa shape index (κ2) is 7.80. The minimum atomic E-state index is -3.61. The Kier molecular flexibility index (Phi) is 7.53. The average Bonchev–Trinajstić information content (AvgIpc) is 2.17. The van der Waals surface area contributed by atoms with E-state index in [4.69, 9.17) is 0 Å². The van der Waals surface area contributed by atoms with Crippen molar-refractivity contribution in [3.05, 3.63) is 0 Å². The number of rotatable bonds is 7. The Labute approximate surface area is 154 Å². The van der Waals surface area contributed by atoms with Gasteiger partial charge in [-0.2, -0.15) is 17.9 Å². The molecule has 0 saturated heterocycles. The van der Waals surface area contributed by atoms with Crippen molar-refractivity contribution in [2.45, 2.75) is 104 Å². The lowest BCUT2D eigenvalue weighted by molar-refractivity contribution is 0.215. The van der Waals surface area contributed by atoms with Crippen LogP contribution in [0.15, 0.2) is 0 Å². The number of hydrogen-bond donors (Lipinski definition) is 4. The summed E-state index contributed by atoms with van der Waals surface area (Å²) >= 11 is 0. The molecular weight excluding hydrogens is 340 g/mol. The Morgan fingerprint density at radius 3 is 1.52 bits per heavy atom. The van der Waals surface area contributed by atoms with Crippen LogP contribution >= 0.6 is 0 Å². The highest BCUT2D eigenvalue weighted by molar-refractivity contribution is 7.87.